The molecular weight excluding hydrogens is 368 g/mol. The van der Waals surface area contributed by atoms with Crippen LogP contribution in [0.4, 0.5) is 11.5 Å². The molecule has 6 nitrogen and oxygen atoms in total. The number of halogens is 1. The molecule has 0 bridgehead atoms. The number of anilines is 2. The first-order chi connectivity index (χ1) is 11.6. The Morgan fingerprint density at radius 3 is 2.50 bits per heavy atom. The first-order valence-electron chi connectivity index (χ1n) is 7.26. The molecule has 24 heavy (non-hydrogen) atoms. The number of nitrogen functional groups attached to an aromatic ring is 1. The molecule has 0 aliphatic carbocycles. The van der Waals surface area contributed by atoms with Crippen molar-refractivity contribution in [1.82, 2.24) is 15.0 Å². The van der Waals surface area contributed by atoms with E-state index >= 15 is 0 Å². The zero-order valence-corrected chi connectivity index (χ0v) is 14.4. The third kappa shape index (κ3) is 3.52. The van der Waals surface area contributed by atoms with Gasteiger partial charge in [-0.3, -0.25) is 4.57 Å². The number of hydrogen-bond acceptors (Lipinski definition) is 5. The van der Waals surface area contributed by atoms with E-state index in [1.807, 2.05) is 54.6 Å². The van der Waals surface area contributed by atoms with E-state index in [9.17, 15) is 0 Å². The lowest BCUT2D eigenvalue weighted by molar-refractivity contribution is 1.05. The molecule has 0 amide bonds. The number of hydrazine groups is 1. The average molecular weight is 385 g/mol. The quantitative estimate of drug-likeness (QED) is 0.507. The smallest absolute Gasteiger partial charge is 0.137 e. The monoisotopic (exact) mass is 384 g/mol. The Labute approximate surface area is 148 Å². The fourth-order valence-electron chi connectivity index (χ4n) is 2.17. The number of nitrogens with two attached hydrogens (primary N) is 2. The van der Waals surface area contributed by atoms with Gasteiger partial charge in [0.1, 0.15) is 17.8 Å². The van der Waals surface area contributed by atoms with Crippen LogP contribution in [0, 0.1) is 0 Å². The molecule has 0 saturated carbocycles. The van der Waals surface area contributed by atoms with Gasteiger partial charge in [-0.25, -0.2) is 4.98 Å². The largest absolute Gasteiger partial charge is 0.396 e. The molecule has 0 fully saturated rings. The summed E-state index contributed by atoms with van der Waals surface area (Å²) in [5.41, 5.74) is 21.0. The van der Waals surface area contributed by atoms with E-state index < -0.39 is 0 Å². The maximum Gasteiger partial charge on any atom is 0.137 e. The maximum absolute atomic E-state index is 6.18. The molecule has 7 heteroatoms. The third-order valence-electron chi connectivity index (χ3n) is 3.40. The fourth-order valence-corrected chi connectivity index (χ4v) is 2.44. The Morgan fingerprint density at radius 1 is 1.08 bits per heavy atom. The van der Waals surface area contributed by atoms with Crippen LogP contribution in [0.3, 0.4) is 0 Å². The molecule has 3 rings (SSSR count). The molecule has 1 aromatic heterocycles. The molecule has 0 atom stereocenters. The standard InChI is InChI=1S/C17H17BrN6/c18-12-6-8-14(9-7-12)24-11-21-16(17(24)20)15(19)10-22-23-13-4-2-1-3-5-13/h1-11,22-23H,19-20H2/b15-10-. The normalized spacial score (nSPS) is 11.3. The molecule has 0 spiro atoms. The first-order valence-corrected chi connectivity index (χ1v) is 8.06. The van der Waals surface area contributed by atoms with E-state index in [4.69, 9.17) is 11.5 Å². The lowest BCUT2D eigenvalue weighted by atomic mass is 10.3. The zero-order valence-electron chi connectivity index (χ0n) is 12.8. The SMILES string of the molecule is N/C(=C\NNc1ccccc1)c1ncn(-c2ccc(Br)cc2)c1N. The highest BCUT2D eigenvalue weighted by atomic mass is 79.9. The maximum atomic E-state index is 6.18. The van der Waals surface area contributed by atoms with Crippen molar-refractivity contribution in [2.45, 2.75) is 0 Å². The van der Waals surface area contributed by atoms with Crippen molar-refractivity contribution >= 4 is 33.1 Å². The molecule has 0 unspecified atom stereocenters. The van der Waals surface area contributed by atoms with Crippen molar-refractivity contribution in [3.05, 3.63) is 77.3 Å². The summed E-state index contributed by atoms with van der Waals surface area (Å²) in [6, 6.07) is 17.5. The molecule has 0 aliphatic rings. The van der Waals surface area contributed by atoms with Crippen LogP contribution in [0.2, 0.25) is 0 Å². The van der Waals surface area contributed by atoms with Gasteiger partial charge in [-0.05, 0) is 36.4 Å². The number of rotatable bonds is 5. The van der Waals surface area contributed by atoms with Crippen molar-refractivity contribution in [2.24, 2.45) is 5.73 Å². The van der Waals surface area contributed by atoms with Gasteiger partial charge < -0.3 is 22.3 Å². The summed E-state index contributed by atoms with van der Waals surface area (Å²) in [6.45, 7) is 0. The molecule has 1 heterocycles. The van der Waals surface area contributed by atoms with Gasteiger partial charge in [-0.1, -0.05) is 34.1 Å². The van der Waals surface area contributed by atoms with Crippen LogP contribution in [-0.2, 0) is 0 Å². The Kier molecular flexibility index (Phi) is 4.72. The number of imidazole rings is 1. The van der Waals surface area contributed by atoms with Crippen molar-refractivity contribution in [3.8, 4) is 5.69 Å². The van der Waals surface area contributed by atoms with Gasteiger partial charge in [-0.15, -0.1) is 0 Å². The van der Waals surface area contributed by atoms with E-state index in [1.54, 1.807) is 17.1 Å². The number of benzene rings is 2. The number of nitrogens with one attached hydrogen (secondary N) is 2. The van der Waals surface area contributed by atoms with Crippen LogP contribution in [-0.4, -0.2) is 9.55 Å². The van der Waals surface area contributed by atoms with Crippen LogP contribution in [0.15, 0.2) is 71.6 Å². The van der Waals surface area contributed by atoms with E-state index in [-0.39, 0.29) is 0 Å². The molecular formula is C17H17BrN6. The van der Waals surface area contributed by atoms with Crippen LogP contribution >= 0.6 is 15.9 Å². The van der Waals surface area contributed by atoms with Crippen LogP contribution in [0.1, 0.15) is 5.69 Å². The van der Waals surface area contributed by atoms with Gasteiger partial charge >= 0.3 is 0 Å². The van der Waals surface area contributed by atoms with Gasteiger partial charge in [-0.2, -0.15) is 0 Å². The first kappa shape index (κ1) is 15.9. The third-order valence-corrected chi connectivity index (χ3v) is 3.93. The minimum atomic E-state index is 0.437. The second kappa shape index (κ2) is 7.10. The van der Waals surface area contributed by atoms with Gasteiger partial charge in [0.25, 0.3) is 0 Å². The van der Waals surface area contributed by atoms with E-state index in [2.05, 4.69) is 31.8 Å². The molecule has 0 radical (unpaired) electrons. The second-order valence-corrected chi connectivity index (χ2v) is 5.98. The molecule has 0 saturated heterocycles. The van der Waals surface area contributed by atoms with Gasteiger partial charge in [0.05, 0.1) is 11.4 Å². The predicted octanol–water partition coefficient (Wildman–Crippen LogP) is 3.09. The molecule has 6 N–H and O–H groups in total. The predicted molar refractivity (Wildman–Crippen MR) is 101 cm³/mol. The molecule has 0 aliphatic heterocycles. The summed E-state index contributed by atoms with van der Waals surface area (Å²) in [6.07, 6.45) is 3.27. The highest BCUT2D eigenvalue weighted by Gasteiger charge is 2.11. The number of hydrogen-bond donors (Lipinski definition) is 4. The van der Waals surface area contributed by atoms with Crippen molar-refractivity contribution in [3.63, 3.8) is 0 Å². The Bertz CT molecular complexity index is 839. The second-order valence-electron chi connectivity index (χ2n) is 5.06. The minimum Gasteiger partial charge on any atom is -0.396 e. The van der Waals surface area contributed by atoms with Crippen molar-refractivity contribution in [1.29, 1.82) is 0 Å². The summed E-state index contributed by atoms with van der Waals surface area (Å²) in [4.78, 5) is 4.31. The van der Waals surface area contributed by atoms with Gasteiger partial charge in [0.2, 0.25) is 0 Å². The minimum absolute atomic E-state index is 0.437. The van der Waals surface area contributed by atoms with Gasteiger partial charge in [0, 0.05) is 16.4 Å². The summed E-state index contributed by atoms with van der Waals surface area (Å²) in [7, 11) is 0. The summed E-state index contributed by atoms with van der Waals surface area (Å²) >= 11 is 3.41. The van der Waals surface area contributed by atoms with Crippen molar-refractivity contribution in [2.75, 3.05) is 11.2 Å². The van der Waals surface area contributed by atoms with Crippen molar-refractivity contribution < 1.29 is 0 Å². The lowest BCUT2D eigenvalue weighted by Crippen LogP contribution is -2.17. The Morgan fingerprint density at radius 2 is 1.79 bits per heavy atom. The molecule has 2 aromatic carbocycles. The van der Waals surface area contributed by atoms with Crippen LogP contribution in [0.5, 0.6) is 0 Å². The average Bonchev–Trinajstić information content (AvgIpc) is 2.98. The molecule has 3 aromatic rings. The fraction of sp³-hybridized carbons (Fsp3) is 0. The highest BCUT2D eigenvalue weighted by Crippen LogP contribution is 2.21. The van der Waals surface area contributed by atoms with E-state index in [1.165, 1.54) is 0 Å². The Hall–Kier alpha value is -2.93. The summed E-state index contributed by atoms with van der Waals surface area (Å²) in [5.74, 6) is 0.479. The summed E-state index contributed by atoms with van der Waals surface area (Å²) in [5, 5.41) is 0. The van der Waals surface area contributed by atoms with E-state index in [0.717, 1.165) is 15.8 Å². The summed E-state index contributed by atoms with van der Waals surface area (Å²) < 4.78 is 2.79. The molecule has 122 valence electrons. The van der Waals surface area contributed by atoms with Gasteiger partial charge in [0.15, 0.2) is 0 Å². The van der Waals surface area contributed by atoms with Crippen LogP contribution in [0.25, 0.3) is 11.4 Å². The number of nitrogens with zero attached hydrogens (tertiary/aromatic N) is 2. The zero-order chi connectivity index (χ0) is 16.9. The topological polar surface area (TPSA) is 93.9 Å². The van der Waals surface area contributed by atoms with Crippen LogP contribution < -0.4 is 22.3 Å². The Balaban J connectivity index is 1.74. The number of aromatic nitrogens is 2. The lowest BCUT2D eigenvalue weighted by Gasteiger charge is -2.08. The van der Waals surface area contributed by atoms with E-state index in [0.29, 0.717) is 17.2 Å². The number of para-hydroxylation sites is 1. The highest BCUT2D eigenvalue weighted by molar-refractivity contribution is 9.10.